The molecule has 6 nitrogen and oxygen atoms in total. The zero-order valence-corrected chi connectivity index (χ0v) is 28.6. The van der Waals surface area contributed by atoms with Crippen LogP contribution in [-0.4, -0.2) is 72.3 Å². The number of nitrogens with one attached hydrogen (secondary N) is 1. The molecule has 0 aliphatic carbocycles. The summed E-state index contributed by atoms with van der Waals surface area (Å²) in [6.45, 7) is 8.77. The first-order valence-corrected chi connectivity index (χ1v) is 18.5. The molecule has 252 valence electrons. The molecule has 0 atom stereocenters. The molecule has 1 N–H and O–H groups in total. The van der Waals surface area contributed by atoms with E-state index < -0.39 is 0 Å². The fraction of sp³-hybridized carbons (Fsp3) is 0.372. The molecule has 6 heteroatoms. The van der Waals surface area contributed by atoms with Gasteiger partial charge in [0.25, 0.3) is 0 Å². The number of ether oxygens (including phenoxy) is 2. The molecule has 49 heavy (non-hydrogen) atoms. The van der Waals surface area contributed by atoms with Gasteiger partial charge >= 0.3 is 0 Å². The first-order valence-electron chi connectivity index (χ1n) is 18.5. The third-order valence-corrected chi connectivity index (χ3v) is 10.4. The first kappa shape index (κ1) is 31.9. The number of likely N-dealkylation sites (tertiary alicyclic amines) is 2. The number of fused-ring (bicyclic) bond motifs is 4. The van der Waals surface area contributed by atoms with Gasteiger partial charge in [-0.2, -0.15) is 0 Å². The van der Waals surface area contributed by atoms with Crippen LogP contribution < -0.4 is 9.47 Å². The number of aromatic amines is 1. The van der Waals surface area contributed by atoms with Gasteiger partial charge in [-0.3, -0.25) is 0 Å². The van der Waals surface area contributed by atoms with Gasteiger partial charge in [-0.15, -0.1) is 0 Å². The van der Waals surface area contributed by atoms with Crippen LogP contribution in [0.25, 0.3) is 55.1 Å². The largest absolute Gasteiger partial charge is 0.494 e. The second kappa shape index (κ2) is 15.0. The smallest absolute Gasteiger partial charge is 0.119 e. The molecule has 2 aliphatic rings. The molecule has 0 saturated carbocycles. The van der Waals surface area contributed by atoms with Gasteiger partial charge in [0.15, 0.2) is 0 Å². The molecule has 6 aromatic rings. The Labute approximate surface area is 290 Å². The topological polar surface area (TPSA) is 53.6 Å². The van der Waals surface area contributed by atoms with Crippen molar-refractivity contribution < 1.29 is 9.47 Å². The highest BCUT2D eigenvalue weighted by atomic mass is 16.5. The first-order chi connectivity index (χ1) is 24.2. The van der Waals surface area contributed by atoms with Crippen molar-refractivity contribution >= 4 is 32.8 Å². The fourth-order valence-corrected chi connectivity index (χ4v) is 7.64. The highest BCUT2D eigenvalue weighted by Gasteiger charge is 2.13. The molecule has 2 saturated heterocycles. The van der Waals surface area contributed by atoms with Crippen molar-refractivity contribution in [2.75, 3.05) is 52.5 Å². The Hall–Kier alpha value is -4.39. The van der Waals surface area contributed by atoms with E-state index in [1.54, 1.807) is 0 Å². The van der Waals surface area contributed by atoms with Crippen LogP contribution in [-0.2, 0) is 0 Å². The van der Waals surface area contributed by atoms with Crippen LogP contribution >= 0.6 is 0 Å². The van der Waals surface area contributed by atoms with Gasteiger partial charge in [-0.1, -0.05) is 49.2 Å². The van der Waals surface area contributed by atoms with E-state index in [-0.39, 0.29) is 0 Å². The Balaban J connectivity index is 0.919. The molecular formula is C43H48N4O2. The second-order valence-corrected chi connectivity index (χ2v) is 13.9. The third kappa shape index (κ3) is 7.61. The number of rotatable bonds is 12. The molecule has 2 fully saturated rings. The van der Waals surface area contributed by atoms with Crippen LogP contribution in [0.4, 0.5) is 0 Å². The fourth-order valence-electron chi connectivity index (χ4n) is 7.64. The third-order valence-electron chi connectivity index (χ3n) is 10.4. The van der Waals surface area contributed by atoms with Crippen LogP contribution in [0.5, 0.6) is 11.5 Å². The quantitative estimate of drug-likeness (QED) is 0.133. The van der Waals surface area contributed by atoms with E-state index in [1.165, 1.54) is 87.0 Å². The summed E-state index contributed by atoms with van der Waals surface area (Å²) in [5.74, 6) is 1.87. The van der Waals surface area contributed by atoms with E-state index in [1.807, 2.05) is 0 Å². The summed E-state index contributed by atoms with van der Waals surface area (Å²) in [4.78, 5) is 13.9. The van der Waals surface area contributed by atoms with Crippen molar-refractivity contribution in [1.82, 2.24) is 19.8 Å². The predicted molar refractivity (Wildman–Crippen MR) is 203 cm³/mol. The number of pyridine rings is 1. The summed E-state index contributed by atoms with van der Waals surface area (Å²) >= 11 is 0. The Morgan fingerprint density at radius 1 is 0.531 bits per heavy atom. The summed E-state index contributed by atoms with van der Waals surface area (Å²) in [6, 6.07) is 32.4. The molecule has 4 heterocycles. The summed E-state index contributed by atoms with van der Waals surface area (Å²) < 4.78 is 12.1. The highest BCUT2D eigenvalue weighted by molar-refractivity contribution is 6.09. The number of benzene rings is 4. The van der Waals surface area contributed by atoms with E-state index in [0.717, 1.165) is 83.5 Å². The van der Waals surface area contributed by atoms with Crippen molar-refractivity contribution in [2.45, 2.75) is 51.4 Å². The Kier molecular flexibility index (Phi) is 9.76. The lowest BCUT2D eigenvalue weighted by Crippen LogP contribution is -2.31. The Morgan fingerprint density at radius 3 is 1.65 bits per heavy atom. The molecule has 0 bridgehead atoms. The zero-order valence-electron chi connectivity index (χ0n) is 28.6. The van der Waals surface area contributed by atoms with Crippen molar-refractivity contribution in [3.8, 4) is 33.8 Å². The van der Waals surface area contributed by atoms with Crippen molar-refractivity contribution in [2.24, 2.45) is 0 Å². The molecule has 0 amide bonds. The van der Waals surface area contributed by atoms with Crippen LogP contribution in [0, 0.1) is 0 Å². The number of aromatic nitrogens is 2. The van der Waals surface area contributed by atoms with E-state index in [9.17, 15) is 0 Å². The summed E-state index contributed by atoms with van der Waals surface area (Å²) in [6.07, 6.45) is 10.3. The zero-order chi connectivity index (χ0) is 32.8. The van der Waals surface area contributed by atoms with Gasteiger partial charge < -0.3 is 24.3 Å². The molecule has 4 aromatic carbocycles. The minimum Gasteiger partial charge on any atom is -0.494 e. The molecule has 8 rings (SSSR count). The van der Waals surface area contributed by atoms with Crippen molar-refractivity contribution in [3.05, 3.63) is 91.0 Å². The number of hydrogen-bond donors (Lipinski definition) is 1. The molecule has 0 unspecified atom stereocenters. The van der Waals surface area contributed by atoms with Gasteiger partial charge in [-0.25, -0.2) is 4.98 Å². The average molecular weight is 653 g/mol. The molecule has 2 aliphatic heterocycles. The number of H-pyrrole nitrogens is 1. The summed E-state index contributed by atoms with van der Waals surface area (Å²) in [5.41, 5.74) is 8.87. The van der Waals surface area contributed by atoms with Gasteiger partial charge in [0.05, 0.1) is 29.8 Å². The number of hydrogen-bond acceptors (Lipinski definition) is 5. The maximum absolute atomic E-state index is 6.07. The lowest BCUT2D eigenvalue weighted by Gasteiger charge is -2.26. The van der Waals surface area contributed by atoms with E-state index in [2.05, 4.69) is 106 Å². The van der Waals surface area contributed by atoms with Crippen LogP contribution in [0.15, 0.2) is 91.0 Å². The van der Waals surface area contributed by atoms with Crippen LogP contribution in [0.3, 0.4) is 0 Å². The van der Waals surface area contributed by atoms with E-state index >= 15 is 0 Å². The summed E-state index contributed by atoms with van der Waals surface area (Å²) in [5, 5.41) is 2.27. The van der Waals surface area contributed by atoms with Crippen LogP contribution in [0.2, 0.25) is 0 Å². The molecule has 2 aromatic heterocycles. The van der Waals surface area contributed by atoms with Gasteiger partial charge in [0.1, 0.15) is 11.5 Å². The minimum atomic E-state index is 0.763. The highest BCUT2D eigenvalue weighted by Crippen LogP contribution is 2.33. The summed E-state index contributed by atoms with van der Waals surface area (Å²) in [7, 11) is 0. The maximum atomic E-state index is 6.07. The molecular weight excluding hydrogens is 604 g/mol. The molecule has 0 radical (unpaired) electrons. The number of piperidine rings is 2. The Bertz CT molecular complexity index is 1990. The average Bonchev–Trinajstić information content (AvgIpc) is 3.52. The normalized spacial score (nSPS) is 16.1. The van der Waals surface area contributed by atoms with Crippen molar-refractivity contribution in [1.29, 1.82) is 0 Å². The van der Waals surface area contributed by atoms with Gasteiger partial charge in [0, 0.05) is 29.4 Å². The predicted octanol–water partition coefficient (Wildman–Crippen LogP) is 9.71. The monoisotopic (exact) mass is 652 g/mol. The Morgan fingerprint density at radius 2 is 1.06 bits per heavy atom. The van der Waals surface area contributed by atoms with Crippen molar-refractivity contribution in [3.63, 3.8) is 0 Å². The lowest BCUT2D eigenvalue weighted by molar-refractivity contribution is 0.205. The van der Waals surface area contributed by atoms with Gasteiger partial charge in [0.2, 0.25) is 0 Å². The lowest BCUT2D eigenvalue weighted by atomic mass is 10.0. The maximum Gasteiger partial charge on any atom is 0.119 e. The van der Waals surface area contributed by atoms with Gasteiger partial charge in [-0.05, 0) is 142 Å². The van der Waals surface area contributed by atoms with E-state index in [4.69, 9.17) is 14.5 Å². The van der Waals surface area contributed by atoms with Crippen LogP contribution in [0.1, 0.15) is 51.4 Å². The standard InChI is InChI=1S/C43H48N4O2/c1-3-21-46(22-4-1)25-7-27-48-37-15-9-32(10-16-37)34-13-19-40-36(29-34)31-42-43(45-40)39-30-35(14-20-41(39)44-42)33-11-17-38(18-12-33)49-28-8-26-47-23-5-2-6-24-47/h9-20,29-31,44H,1-8,21-28H2. The second-order valence-electron chi connectivity index (χ2n) is 13.9. The van der Waals surface area contributed by atoms with E-state index in [0.29, 0.717) is 0 Å². The SMILES string of the molecule is c1cc(-c2ccc3nc4c(cc3c2)[nH]c2ccc(-c3ccc(OCCCN5CCCCC5)cc3)cc24)ccc1OCCCN1CCCCC1. The minimum absolute atomic E-state index is 0.763. The molecule has 0 spiro atoms. The number of nitrogens with zero attached hydrogens (tertiary/aromatic N) is 3.